The Labute approximate surface area is 177 Å². The van der Waals surface area contributed by atoms with Crippen molar-refractivity contribution in [1.29, 1.82) is 0 Å². The van der Waals surface area contributed by atoms with Gasteiger partial charge in [0, 0.05) is 17.8 Å². The summed E-state index contributed by atoms with van der Waals surface area (Å²) in [5.41, 5.74) is 0.689. The molecule has 0 saturated heterocycles. The second-order valence-corrected chi connectivity index (χ2v) is 8.08. The van der Waals surface area contributed by atoms with Gasteiger partial charge in [-0.3, -0.25) is 4.79 Å². The zero-order valence-electron chi connectivity index (χ0n) is 15.2. The molecule has 1 N–H and O–H groups in total. The highest BCUT2D eigenvalue weighted by atomic mass is 35.5. The standard InChI is InChI=1S/C19H18Cl2N4O2S/c1-12(18(26)22-14-9-7-13(20)8-10-14)28-19-24-23-17(25(19)2)11-27-16-6-4-3-5-15(16)21/h3-10,12H,11H2,1-2H3,(H,22,26). The SMILES string of the molecule is CC(Sc1nnc(COc2ccccc2Cl)n1C)C(=O)Nc1ccc(Cl)cc1. The van der Waals surface area contributed by atoms with Gasteiger partial charge in [-0.05, 0) is 43.3 Å². The summed E-state index contributed by atoms with van der Waals surface area (Å²) in [6.45, 7) is 2.03. The number of hydrogen-bond acceptors (Lipinski definition) is 5. The Hall–Kier alpha value is -2.22. The number of carbonyl (C=O) groups is 1. The Balaban J connectivity index is 1.59. The summed E-state index contributed by atoms with van der Waals surface area (Å²) in [4.78, 5) is 12.4. The van der Waals surface area contributed by atoms with Crippen molar-refractivity contribution >= 4 is 46.6 Å². The summed E-state index contributed by atoms with van der Waals surface area (Å²) in [7, 11) is 1.83. The molecule has 9 heteroatoms. The fraction of sp³-hybridized carbons (Fsp3) is 0.211. The highest BCUT2D eigenvalue weighted by molar-refractivity contribution is 8.00. The van der Waals surface area contributed by atoms with E-state index in [1.165, 1.54) is 11.8 Å². The lowest BCUT2D eigenvalue weighted by Crippen LogP contribution is -2.22. The fourth-order valence-electron chi connectivity index (χ4n) is 2.27. The van der Waals surface area contributed by atoms with Crippen LogP contribution in [0.15, 0.2) is 53.7 Å². The van der Waals surface area contributed by atoms with Gasteiger partial charge < -0.3 is 14.6 Å². The maximum absolute atomic E-state index is 12.4. The van der Waals surface area contributed by atoms with E-state index in [2.05, 4.69) is 15.5 Å². The van der Waals surface area contributed by atoms with Gasteiger partial charge in [0.25, 0.3) is 0 Å². The molecular formula is C19H18Cl2N4O2S. The first-order chi connectivity index (χ1) is 13.4. The van der Waals surface area contributed by atoms with Gasteiger partial charge in [0.05, 0.1) is 10.3 Å². The molecule has 0 saturated carbocycles. The highest BCUT2D eigenvalue weighted by Crippen LogP contribution is 2.26. The van der Waals surface area contributed by atoms with Crippen molar-refractivity contribution in [2.24, 2.45) is 7.05 Å². The molecule has 0 fully saturated rings. The molecule has 1 heterocycles. The van der Waals surface area contributed by atoms with Crippen molar-refractivity contribution in [3.05, 3.63) is 64.4 Å². The number of benzene rings is 2. The number of hydrogen-bond donors (Lipinski definition) is 1. The maximum atomic E-state index is 12.4. The normalized spacial score (nSPS) is 11.9. The number of nitrogens with one attached hydrogen (secondary N) is 1. The van der Waals surface area contributed by atoms with Crippen LogP contribution in [0.2, 0.25) is 10.0 Å². The van der Waals surface area contributed by atoms with E-state index >= 15 is 0 Å². The fourth-order valence-corrected chi connectivity index (χ4v) is 3.42. The Morgan fingerprint density at radius 1 is 1.18 bits per heavy atom. The lowest BCUT2D eigenvalue weighted by Gasteiger charge is -2.12. The first-order valence-corrected chi connectivity index (χ1v) is 10.1. The summed E-state index contributed by atoms with van der Waals surface area (Å²) in [6.07, 6.45) is 0. The van der Waals surface area contributed by atoms with Crippen molar-refractivity contribution in [2.45, 2.75) is 23.9 Å². The Morgan fingerprint density at radius 3 is 2.61 bits per heavy atom. The zero-order chi connectivity index (χ0) is 20.1. The minimum Gasteiger partial charge on any atom is -0.484 e. The predicted octanol–water partition coefficient (Wildman–Crippen LogP) is 4.82. The van der Waals surface area contributed by atoms with Gasteiger partial charge in [-0.25, -0.2) is 0 Å². The molecular weight excluding hydrogens is 419 g/mol. The number of halogens is 2. The van der Waals surface area contributed by atoms with E-state index in [-0.39, 0.29) is 17.8 Å². The number of aromatic nitrogens is 3. The summed E-state index contributed by atoms with van der Waals surface area (Å²) in [6, 6.07) is 14.2. The largest absolute Gasteiger partial charge is 0.484 e. The van der Waals surface area contributed by atoms with Crippen molar-refractivity contribution < 1.29 is 9.53 Å². The third-order valence-corrected chi connectivity index (χ3v) is 5.58. The van der Waals surface area contributed by atoms with Crippen molar-refractivity contribution in [1.82, 2.24) is 14.8 Å². The van der Waals surface area contributed by atoms with E-state index in [4.69, 9.17) is 27.9 Å². The predicted molar refractivity (Wildman–Crippen MR) is 112 cm³/mol. The van der Waals surface area contributed by atoms with Crippen molar-refractivity contribution in [2.75, 3.05) is 5.32 Å². The van der Waals surface area contributed by atoms with Crippen LogP contribution in [-0.2, 0) is 18.4 Å². The van der Waals surface area contributed by atoms with Crippen LogP contribution in [0.3, 0.4) is 0 Å². The minimum atomic E-state index is -0.365. The molecule has 1 amide bonds. The van der Waals surface area contributed by atoms with Crippen molar-refractivity contribution in [3.8, 4) is 5.75 Å². The van der Waals surface area contributed by atoms with Gasteiger partial charge in [-0.2, -0.15) is 0 Å². The van der Waals surface area contributed by atoms with E-state index in [1.807, 2.05) is 26.1 Å². The summed E-state index contributed by atoms with van der Waals surface area (Å²) in [5.74, 6) is 1.08. The molecule has 0 spiro atoms. The Bertz CT molecular complexity index is 963. The molecule has 0 radical (unpaired) electrons. The minimum absolute atomic E-state index is 0.135. The molecule has 146 valence electrons. The van der Waals surface area contributed by atoms with Crippen LogP contribution in [0.4, 0.5) is 5.69 Å². The van der Waals surface area contributed by atoms with Gasteiger partial charge >= 0.3 is 0 Å². The van der Waals surface area contributed by atoms with Crippen LogP contribution in [0.5, 0.6) is 5.75 Å². The molecule has 1 unspecified atom stereocenters. The number of nitrogens with zero attached hydrogens (tertiary/aromatic N) is 3. The number of ether oxygens (including phenoxy) is 1. The summed E-state index contributed by atoms with van der Waals surface area (Å²) in [5, 5.41) is 12.6. The first-order valence-electron chi connectivity index (χ1n) is 8.42. The molecule has 1 aromatic heterocycles. The van der Waals surface area contributed by atoms with Crippen LogP contribution < -0.4 is 10.1 Å². The zero-order valence-corrected chi connectivity index (χ0v) is 17.6. The maximum Gasteiger partial charge on any atom is 0.237 e. The highest BCUT2D eigenvalue weighted by Gasteiger charge is 2.19. The van der Waals surface area contributed by atoms with E-state index in [0.717, 1.165) is 0 Å². The van der Waals surface area contributed by atoms with Crippen LogP contribution >= 0.6 is 35.0 Å². The number of anilines is 1. The van der Waals surface area contributed by atoms with Gasteiger partial charge in [0.15, 0.2) is 11.0 Å². The third kappa shape index (κ3) is 5.19. The lowest BCUT2D eigenvalue weighted by molar-refractivity contribution is -0.115. The molecule has 0 aliphatic heterocycles. The van der Waals surface area contributed by atoms with Crippen LogP contribution in [-0.4, -0.2) is 25.9 Å². The topological polar surface area (TPSA) is 69.0 Å². The molecule has 0 aliphatic rings. The number of thioether (sulfide) groups is 1. The monoisotopic (exact) mass is 436 g/mol. The smallest absolute Gasteiger partial charge is 0.237 e. The van der Waals surface area contributed by atoms with E-state index in [0.29, 0.717) is 32.5 Å². The Morgan fingerprint density at radius 2 is 1.89 bits per heavy atom. The average molecular weight is 437 g/mol. The van der Waals surface area contributed by atoms with Crippen LogP contribution in [0, 0.1) is 0 Å². The molecule has 28 heavy (non-hydrogen) atoms. The molecule has 1 atom stereocenters. The summed E-state index contributed by atoms with van der Waals surface area (Å²) >= 11 is 13.3. The summed E-state index contributed by atoms with van der Waals surface area (Å²) < 4.78 is 7.50. The number of rotatable bonds is 7. The lowest BCUT2D eigenvalue weighted by atomic mass is 10.3. The molecule has 0 bridgehead atoms. The van der Waals surface area contributed by atoms with Gasteiger partial charge in [0.1, 0.15) is 12.4 Å². The number of carbonyl (C=O) groups excluding carboxylic acids is 1. The van der Waals surface area contributed by atoms with Crippen LogP contribution in [0.1, 0.15) is 12.7 Å². The number of para-hydroxylation sites is 1. The second-order valence-electron chi connectivity index (χ2n) is 5.93. The van der Waals surface area contributed by atoms with E-state index in [9.17, 15) is 4.79 Å². The third-order valence-electron chi connectivity index (χ3n) is 3.88. The average Bonchev–Trinajstić information content (AvgIpc) is 3.02. The van der Waals surface area contributed by atoms with Gasteiger partial charge in [-0.15, -0.1) is 10.2 Å². The molecule has 6 nitrogen and oxygen atoms in total. The first kappa shape index (κ1) is 20.5. The Kier molecular flexibility index (Phi) is 6.83. The van der Waals surface area contributed by atoms with E-state index in [1.54, 1.807) is 41.0 Å². The number of amides is 1. The molecule has 3 aromatic rings. The quantitative estimate of drug-likeness (QED) is 0.537. The second kappa shape index (κ2) is 9.32. The molecule has 3 rings (SSSR count). The molecule has 2 aromatic carbocycles. The van der Waals surface area contributed by atoms with Crippen molar-refractivity contribution in [3.63, 3.8) is 0 Å². The van der Waals surface area contributed by atoms with Gasteiger partial charge in [0.2, 0.25) is 5.91 Å². The van der Waals surface area contributed by atoms with Crippen LogP contribution in [0.25, 0.3) is 0 Å². The van der Waals surface area contributed by atoms with E-state index < -0.39 is 0 Å². The molecule has 0 aliphatic carbocycles. The van der Waals surface area contributed by atoms with Gasteiger partial charge in [-0.1, -0.05) is 47.1 Å².